The molecule has 0 fully saturated rings. The standard InChI is InChI=1S/C11H17N3O4S/c1-18-8-4-5-10(9(12)7-8)19(16,17)14-6-2-3-11(13)15/h4-5,7,14H,2-3,6,12H2,1H3,(H2,13,15). The molecule has 1 rings (SSSR count). The molecule has 1 amide bonds. The number of sulfonamides is 1. The molecule has 0 aliphatic carbocycles. The molecule has 1 aromatic rings. The molecule has 0 heterocycles. The van der Waals surface area contributed by atoms with E-state index in [9.17, 15) is 13.2 Å². The number of benzene rings is 1. The largest absolute Gasteiger partial charge is 0.497 e. The molecule has 0 bridgehead atoms. The number of carbonyl (C=O) groups excluding carboxylic acids is 1. The number of nitrogens with one attached hydrogen (secondary N) is 1. The van der Waals surface area contributed by atoms with Crippen molar-refractivity contribution < 1.29 is 17.9 Å². The number of rotatable bonds is 7. The summed E-state index contributed by atoms with van der Waals surface area (Å²) in [4.78, 5) is 10.5. The molecule has 7 nitrogen and oxygen atoms in total. The van der Waals surface area contributed by atoms with Gasteiger partial charge in [-0.2, -0.15) is 0 Å². The van der Waals surface area contributed by atoms with Gasteiger partial charge in [-0.15, -0.1) is 0 Å². The number of hydrogen-bond donors (Lipinski definition) is 3. The van der Waals surface area contributed by atoms with E-state index in [4.69, 9.17) is 16.2 Å². The lowest BCUT2D eigenvalue weighted by atomic mass is 10.3. The molecule has 0 atom stereocenters. The number of amides is 1. The first-order valence-electron chi connectivity index (χ1n) is 5.58. The van der Waals surface area contributed by atoms with Gasteiger partial charge in [-0.25, -0.2) is 13.1 Å². The number of anilines is 1. The van der Waals surface area contributed by atoms with Crippen LogP contribution in [-0.4, -0.2) is 28.0 Å². The second-order valence-corrected chi connectivity index (χ2v) is 5.61. The average Bonchev–Trinajstić information content (AvgIpc) is 2.34. The average molecular weight is 287 g/mol. The first-order chi connectivity index (χ1) is 8.86. The summed E-state index contributed by atoms with van der Waals surface area (Å²) in [6, 6.07) is 4.30. The molecule has 5 N–H and O–H groups in total. The van der Waals surface area contributed by atoms with Gasteiger partial charge in [-0.1, -0.05) is 0 Å². The van der Waals surface area contributed by atoms with E-state index in [1.165, 1.54) is 25.3 Å². The molecule has 0 spiro atoms. The number of ether oxygens (including phenoxy) is 1. The van der Waals surface area contributed by atoms with Crippen LogP contribution >= 0.6 is 0 Å². The molecule has 0 unspecified atom stereocenters. The molecule has 0 aliphatic heterocycles. The molecular formula is C11H17N3O4S. The predicted octanol–water partition coefficient (Wildman–Crippen LogP) is -0.179. The minimum Gasteiger partial charge on any atom is -0.497 e. The van der Waals surface area contributed by atoms with Crippen LogP contribution < -0.4 is 20.9 Å². The van der Waals surface area contributed by atoms with Gasteiger partial charge in [-0.05, 0) is 18.6 Å². The second kappa shape index (κ2) is 6.39. The Bertz CT molecular complexity index is 557. The van der Waals surface area contributed by atoms with Crippen molar-refractivity contribution >= 4 is 21.6 Å². The maximum atomic E-state index is 11.9. The minimum absolute atomic E-state index is 0.0209. The Hall–Kier alpha value is -1.80. The van der Waals surface area contributed by atoms with Crippen molar-refractivity contribution in [2.45, 2.75) is 17.7 Å². The normalized spacial score (nSPS) is 11.2. The number of methoxy groups -OCH3 is 1. The Kier molecular flexibility index (Phi) is 5.13. The van der Waals surface area contributed by atoms with Gasteiger partial charge in [0.25, 0.3) is 0 Å². The second-order valence-electron chi connectivity index (χ2n) is 3.87. The third-order valence-corrected chi connectivity index (χ3v) is 3.93. The van der Waals surface area contributed by atoms with Crippen molar-refractivity contribution in [2.24, 2.45) is 5.73 Å². The summed E-state index contributed by atoms with van der Waals surface area (Å²) in [5, 5.41) is 0. The lowest BCUT2D eigenvalue weighted by Gasteiger charge is -2.10. The van der Waals surface area contributed by atoms with Crippen LogP contribution in [0.15, 0.2) is 23.1 Å². The van der Waals surface area contributed by atoms with Crippen LogP contribution in [0.2, 0.25) is 0 Å². The van der Waals surface area contributed by atoms with Gasteiger partial charge in [-0.3, -0.25) is 4.79 Å². The Balaban J connectivity index is 2.74. The fraction of sp³-hybridized carbons (Fsp3) is 0.364. The van der Waals surface area contributed by atoms with E-state index in [1.807, 2.05) is 0 Å². The van der Waals surface area contributed by atoms with Gasteiger partial charge in [0.05, 0.1) is 12.8 Å². The van der Waals surface area contributed by atoms with Crippen LogP contribution in [0, 0.1) is 0 Å². The summed E-state index contributed by atoms with van der Waals surface area (Å²) in [5.74, 6) is 0.00772. The molecular weight excluding hydrogens is 270 g/mol. The Labute approximate surface area is 112 Å². The third-order valence-electron chi connectivity index (χ3n) is 2.40. The lowest BCUT2D eigenvalue weighted by Crippen LogP contribution is -2.26. The molecule has 0 radical (unpaired) electrons. The van der Waals surface area contributed by atoms with Crippen LogP contribution in [0.5, 0.6) is 5.75 Å². The van der Waals surface area contributed by atoms with E-state index in [1.54, 1.807) is 0 Å². The van der Waals surface area contributed by atoms with E-state index >= 15 is 0 Å². The molecule has 0 saturated heterocycles. The minimum atomic E-state index is -3.70. The summed E-state index contributed by atoms with van der Waals surface area (Å²) < 4.78 is 31.2. The zero-order valence-electron chi connectivity index (χ0n) is 10.5. The highest BCUT2D eigenvalue weighted by molar-refractivity contribution is 7.89. The van der Waals surface area contributed by atoms with Crippen LogP contribution in [0.1, 0.15) is 12.8 Å². The van der Waals surface area contributed by atoms with E-state index in [0.717, 1.165) is 0 Å². The Morgan fingerprint density at radius 2 is 2.11 bits per heavy atom. The molecule has 8 heteroatoms. The van der Waals surface area contributed by atoms with Gasteiger partial charge in [0.2, 0.25) is 15.9 Å². The topological polar surface area (TPSA) is 125 Å². The van der Waals surface area contributed by atoms with Crippen LogP contribution in [-0.2, 0) is 14.8 Å². The number of nitrogens with two attached hydrogens (primary N) is 2. The molecule has 1 aromatic carbocycles. The highest BCUT2D eigenvalue weighted by Crippen LogP contribution is 2.23. The van der Waals surface area contributed by atoms with Crippen LogP contribution in [0.4, 0.5) is 5.69 Å². The van der Waals surface area contributed by atoms with Gasteiger partial charge in [0.1, 0.15) is 10.6 Å². The summed E-state index contributed by atoms with van der Waals surface area (Å²) in [5.41, 5.74) is 10.7. The molecule has 0 aliphatic rings. The lowest BCUT2D eigenvalue weighted by molar-refractivity contribution is -0.118. The fourth-order valence-electron chi connectivity index (χ4n) is 1.45. The highest BCUT2D eigenvalue weighted by atomic mass is 32.2. The SMILES string of the molecule is COc1ccc(S(=O)(=O)NCCCC(N)=O)c(N)c1. The maximum absolute atomic E-state index is 11.9. The Morgan fingerprint density at radius 1 is 1.42 bits per heavy atom. The van der Waals surface area contributed by atoms with E-state index < -0.39 is 15.9 Å². The molecule has 0 aromatic heterocycles. The zero-order chi connectivity index (χ0) is 14.5. The fourth-order valence-corrected chi connectivity index (χ4v) is 2.63. The molecule has 0 saturated carbocycles. The van der Waals surface area contributed by atoms with Gasteiger partial charge < -0.3 is 16.2 Å². The van der Waals surface area contributed by atoms with Crippen molar-refractivity contribution in [3.05, 3.63) is 18.2 Å². The van der Waals surface area contributed by atoms with Crippen LogP contribution in [0.25, 0.3) is 0 Å². The van der Waals surface area contributed by atoms with Crippen LogP contribution in [0.3, 0.4) is 0 Å². The summed E-state index contributed by atoms with van der Waals surface area (Å²) in [7, 11) is -2.23. The van der Waals surface area contributed by atoms with Crippen molar-refractivity contribution in [3.8, 4) is 5.75 Å². The third kappa shape index (κ3) is 4.42. The predicted molar refractivity (Wildman–Crippen MR) is 71.0 cm³/mol. The van der Waals surface area contributed by atoms with Gasteiger partial charge in [0.15, 0.2) is 0 Å². The van der Waals surface area contributed by atoms with E-state index in [0.29, 0.717) is 12.2 Å². The van der Waals surface area contributed by atoms with Crippen molar-refractivity contribution in [2.75, 3.05) is 19.4 Å². The first-order valence-corrected chi connectivity index (χ1v) is 7.06. The highest BCUT2D eigenvalue weighted by Gasteiger charge is 2.17. The number of carbonyl (C=O) groups is 1. The quantitative estimate of drug-likeness (QED) is 0.474. The Morgan fingerprint density at radius 3 is 2.63 bits per heavy atom. The zero-order valence-corrected chi connectivity index (χ0v) is 11.4. The molecule has 106 valence electrons. The number of nitrogen functional groups attached to an aromatic ring is 1. The summed E-state index contributed by atoms with van der Waals surface area (Å²) >= 11 is 0. The smallest absolute Gasteiger partial charge is 0.242 e. The van der Waals surface area contributed by atoms with Gasteiger partial charge >= 0.3 is 0 Å². The summed E-state index contributed by atoms with van der Waals surface area (Å²) in [6.45, 7) is 0.122. The van der Waals surface area contributed by atoms with Crippen molar-refractivity contribution in [1.82, 2.24) is 4.72 Å². The van der Waals surface area contributed by atoms with E-state index in [2.05, 4.69) is 4.72 Å². The van der Waals surface area contributed by atoms with Gasteiger partial charge in [0, 0.05) is 19.0 Å². The van der Waals surface area contributed by atoms with E-state index in [-0.39, 0.29) is 23.5 Å². The summed E-state index contributed by atoms with van der Waals surface area (Å²) in [6.07, 6.45) is 0.464. The monoisotopic (exact) mass is 287 g/mol. The number of hydrogen-bond acceptors (Lipinski definition) is 5. The number of primary amides is 1. The molecule has 19 heavy (non-hydrogen) atoms. The van der Waals surface area contributed by atoms with Crippen molar-refractivity contribution in [1.29, 1.82) is 0 Å². The maximum Gasteiger partial charge on any atom is 0.242 e. The van der Waals surface area contributed by atoms with Crippen molar-refractivity contribution in [3.63, 3.8) is 0 Å². The first kappa shape index (κ1) is 15.3.